The number of carboxylic acids is 4. The molecule has 19 heavy (non-hydrogen) atoms. The standard InChI is InChI=1S/C8H10O11/c9-1(5(11)12)3(7(15)16)19-4(8(17)18)2(10)6(13)14/h1-4,9-10H,(H,11,12)(H,13,14)(H,15,16)(H,17,18)/p-4/t1-,2-,3-,4-/m1/s1. The van der Waals surface area contributed by atoms with Crippen LogP contribution in [0.25, 0.3) is 0 Å². The Morgan fingerprint density at radius 2 is 0.947 bits per heavy atom. The topological polar surface area (TPSA) is 210 Å². The molecule has 0 rings (SSSR count). The third-order valence-corrected chi connectivity index (χ3v) is 1.81. The third kappa shape index (κ3) is 4.50. The molecule has 0 amide bonds. The second kappa shape index (κ2) is 6.63. The van der Waals surface area contributed by atoms with Crippen LogP contribution in [0.4, 0.5) is 0 Å². The number of carbonyl (C=O) groups is 4. The number of aliphatic carboxylic acids is 4. The fourth-order valence-corrected chi connectivity index (χ4v) is 0.923. The van der Waals surface area contributed by atoms with Gasteiger partial charge in [0, 0.05) is 0 Å². The number of hydrogen-bond acceptors (Lipinski definition) is 11. The van der Waals surface area contributed by atoms with Crippen LogP contribution >= 0.6 is 0 Å². The molecular weight excluding hydrogens is 272 g/mol. The molecule has 0 heterocycles. The Morgan fingerprint density at radius 1 is 0.684 bits per heavy atom. The molecule has 0 aliphatic rings. The summed E-state index contributed by atoms with van der Waals surface area (Å²) in [5, 5.41) is 59.0. The summed E-state index contributed by atoms with van der Waals surface area (Å²) >= 11 is 0. The smallest absolute Gasteiger partial charge is 0.129 e. The molecule has 0 fully saturated rings. The van der Waals surface area contributed by atoms with E-state index in [1.54, 1.807) is 0 Å². The molecule has 0 saturated heterocycles. The molecule has 0 saturated carbocycles. The van der Waals surface area contributed by atoms with E-state index in [0.717, 1.165) is 0 Å². The van der Waals surface area contributed by atoms with Crippen LogP contribution in [0, 0.1) is 0 Å². The highest BCUT2D eigenvalue weighted by atomic mass is 16.6. The fraction of sp³-hybridized carbons (Fsp3) is 0.500. The number of aliphatic hydroxyl groups excluding tert-OH is 2. The quantitative estimate of drug-likeness (QED) is 0.425. The van der Waals surface area contributed by atoms with Gasteiger partial charge in [0.05, 0.1) is 23.9 Å². The van der Waals surface area contributed by atoms with Crippen molar-refractivity contribution in [1.29, 1.82) is 0 Å². The SMILES string of the molecule is O=C([O-])[C@H](O)[C@@H](O[C@@H](C(=O)[O-])[C@@H](O)C(=O)[O-])C(=O)[O-]. The molecule has 0 aromatic heterocycles. The molecule has 0 aromatic rings. The van der Waals surface area contributed by atoms with E-state index in [1.165, 1.54) is 0 Å². The summed E-state index contributed by atoms with van der Waals surface area (Å²) < 4.78 is 3.95. The Labute approximate surface area is 104 Å². The lowest BCUT2D eigenvalue weighted by Crippen LogP contribution is -2.59. The van der Waals surface area contributed by atoms with E-state index < -0.39 is 48.3 Å². The van der Waals surface area contributed by atoms with Gasteiger partial charge in [-0.25, -0.2) is 0 Å². The predicted molar refractivity (Wildman–Crippen MR) is 40.7 cm³/mol. The molecule has 11 nitrogen and oxygen atoms in total. The first-order valence-electron chi connectivity index (χ1n) is 4.44. The van der Waals surface area contributed by atoms with Gasteiger partial charge < -0.3 is 54.6 Å². The van der Waals surface area contributed by atoms with Crippen molar-refractivity contribution in [2.75, 3.05) is 0 Å². The van der Waals surface area contributed by atoms with Crippen molar-refractivity contribution < 1.29 is 54.6 Å². The molecule has 11 heteroatoms. The highest BCUT2D eigenvalue weighted by Gasteiger charge is 2.31. The van der Waals surface area contributed by atoms with E-state index in [2.05, 4.69) is 4.74 Å². The van der Waals surface area contributed by atoms with E-state index in [9.17, 15) is 39.6 Å². The number of rotatable bonds is 8. The number of carboxylic acid groups (broad SMARTS) is 4. The number of ether oxygens (including phenoxy) is 1. The molecule has 0 radical (unpaired) electrons. The lowest BCUT2D eigenvalue weighted by atomic mass is 10.1. The average molecular weight is 278 g/mol. The van der Waals surface area contributed by atoms with E-state index in [4.69, 9.17) is 10.2 Å². The largest absolute Gasteiger partial charge is 0.547 e. The van der Waals surface area contributed by atoms with Gasteiger partial charge in [-0.15, -0.1) is 0 Å². The molecule has 4 atom stereocenters. The summed E-state index contributed by atoms with van der Waals surface area (Å²) in [4.78, 5) is 41.3. The van der Waals surface area contributed by atoms with Crippen molar-refractivity contribution in [2.24, 2.45) is 0 Å². The van der Waals surface area contributed by atoms with Gasteiger partial charge in [-0.05, 0) is 0 Å². The van der Waals surface area contributed by atoms with Crippen LogP contribution in [-0.4, -0.2) is 58.5 Å². The normalized spacial score (nSPS) is 16.9. The molecule has 0 unspecified atom stereocenters. The van der Waals surface area contributed by atoms with E-state index in [0.29, 0.717) is 0 Å². The lowest BCUT2D eigenvalue weighted by molar-refractivity contribution is -0.351. The first-order chi connectivity index (χ1) is 8.59. The first kappa shape index (κ1) is 16.8. The molecule has 0 aliphatic heterocycles. The monoisotopic (exact) mass is 278 g/mol. The van der Waals surface area contributed by atoms with E-state index >= 15 is 0 Å². The second-order valence-electron chi connectivity index (χ2n) is 3.14. The maximum Gasteiger partial charge on any atom is 0.129 e. The molecular formula is C8H6O11-4. The Balaban J connectivity index is 5.17. The highest BCUT2D eigenvalue weighted by Crippen LogP contribution is 2.07. The predicted octanol–water partition coefficient (Wildman–Crippen LogP) is -8.54. The van der Waals surface area contributed by atoms with Gasteiger partial charge in [0.1, 0.15) is 24.4 Å². The third-order valence-electron chi connectivity index (χ3n) is 1.81. The molecule has 2 N–H and O–H groups in total. The Bertz CT molecular complexity index is 352. The van der Waals surface area contributed by atoms with Crippen LogP contribution in [0.15, 0.2) is 0 Å². The van der Waals surface area contributed by atoms with Crippen molar-refractivity contribution >= 4 is 23.9 Å². The van der Waals surface area contributed by atoms with Gasteiger partial charge in [0.2, 0.25) is 0 Å². The zero-order valence-corrected chi connectivity index (χ0v) is 8.88. The van der Waals surface area contributed by atoms with Crippen molar-refractivity contribution in [3.8, 4) is 0 Å². The zero-order valence-electron chi connectivity index (χ0n) is 8.88. The van der Waals surface area contributed by atoms with E-state index in [1.807, 2.05) is 0 Å². The summed E-state index contributed by atoms with van der Waals surface area (Å²) in [6, 6.07) is 0. The maximum absolute atomic E-state index is 10.5. The van der Waals surface area contributed by atoms with Gasteiger partial charge >= 0.3 is 0 Å². The minimum Gasteiger partial charge on any atom is -0.547 e. The van der Waals surface area contributed by atoms with Gasteiger partial charge in [-0.3, -0.25) is 0 Å². The van der Waals surface area contributed by atoms with Crippen LogP contribution in [0.2, 0.25) is 0 Å². The summed E-state index contributed by atoms with van der Waals surface area (Å²) in [5.41, 5.74) is 0. The first-order valence-corrected chi connectivity index (χ1v) is 4.44. The summed E-state index contributed by atoms with van der Waals surface area (Å²) in [5.74, 6) is -9.47. The Kier molecular flexibility index (Phi) is 5.85. The number of aliphatic hydroxyl groups is 2. The Hall–Kier alpha value is -2.24. The molecule has 0 bridgehead atoms. The fourth-order valence-electron chi connectivity index (χ4n) is 0.923. The van der Waals surface area contributed by atoms with Crippen molar-refractivity contribution in [2.45, 2.75) is 24.4 Å². The minimum absolute atomic E-state index is 2.35. The summed E-state index contributed by atoms with van der Waals surface area (Å²) in [7, 11) is 0. The molecule has 0 spiro atoms. The summed E-state index contributed by atoms with van der Waals surface area (Å²) in [6.45, 7) is 0. The summed E-state index contributed by atoms with van der Waals surface area (Å²) in [6.07, 6.45) is -11.3. The molecule has 108 valence electrons. The van der Waals surface area contributed by atoms with Crippen LogP contribution in [-0.2, 0) is 23.9 Å². The minimum atomic E-state index is -2.86. The maximum atomic E-state index is 10.5. The molecule has 0 aliphatic carbocycles. The van der Waals surface area contributed by atoms with Gasteiger partial charge in [0.25, 0.3) is 0 Å². The van der Waals surface area contributed by atoms with Crippen molar-refractivity contribution in [1.82, 2.24) is 0 Å². The van der Waals surface area contributed by atoms with Crippen molar-refractivity contribution in [3.63, 3.8) is 0 Å². The van der Waals surface area contributed by atoms with Crippen molar-refractivity contribution in [3.05, 3.63) is 0 Å². The zero-order chi connectivity index (χ0) is 15.3. The lowest BCUT2D eigenvalue weighted by Gasteiger charge is -2.32. The molecule has 0 aromatic carbocycles. The number of hydrogen-bond donors (Lipinski definition) is 2. The van der Waals surface area contributed by atoms with Crippen LogP contribution in [0.5, 0.6) is 0 Å². The van der Waals surface area contributed by atoms with Gasteiger partial charge in [-0.1, -0.05) is 0 Å². The average Bonchev–Trinajstić information content (AvgIpc) is 2.27. The van der Waals surface area contributed by atoms with Crippen LogP contribution in [0.1, 0.15) is 0 Å². The van der Waals surface area contributed by atoms with Crippen LogP contribution < -0.4 is 20.4 Å². The highest BCUT2D eigenvalue weighted by molar-refractivity contribution is 5.84. The van der Waals surface area contributed by atoms with Crippen LogP contribution in [0.3, 0.4) is 0 Å². The van der Waals surface area contributed by atoms with Gasteiger partial charge in [0.15, 0.2) is 0 Å². The van der Waals surface area contributed by atoms with E-state index in [-0.39, 0.29) is 0 Å². The Morgan fingerprint density at radius 3 is 1.11 bits per heavy atom. The number of carbonyl (C=O) groups excluding carboxylic acids is 4. The second-order valence-corrected chi connectivity index (χ2v) is 3.14. The van der Waals surface area contributed by atoms with Gasteiger partial charge in [-0.2, -0.15) is 0 Å².